The van der Waals surface area contributed by atoms with Crippen molar-refractivity contribution >= 4 is 16.7 Å². The van der Waals surface area contributed by atoms with Crippen LogP contribution in [-0.4, -0.2) is 25.5 Å². The fourth-order valence-corrected chi connectivity index (χ4v) is 3.55. The van der Waals surface area contributed by atoms with Crippen LogP contribution in [0.4, 0.5) is 0 Å². The molecule has 0 aliphatic rings. The van der Waals surface area contributed by atoms with Gasteiger partial charge in [0, 0.05) is 28.5 Å². The van der Waals surface area contributed by atoms with Crippen LogP contribution < -0.4 is 5.32 Å². The first-order valence-electron chi connectivity index (χ1n) is 9.35. The van der Waals surface area contributed by atoms with Crippen molar-refractivity contribution in [1.82, 2.24) is 24.9 Å². The van der Waals surface area contributed by atoms with Crippen molar-refractivity contribution in [1.29, 1.82) is 0 Å². The number of nitrogens with one attached hydrogen (secondary N) is 1. The fraction of sp³-hybridized carbons (Fsp3) is 0.227. The highest BCUT2D eigenvalue weighted by Crippen LogP contribution is 2.25. The number of hydrogen-bond donors (Lipinski definition) is 1. The van der Waals surface area contributed by atoms with Gasteiger partial charge in [-0.2, -0.15) is 10.2 Å². The first-order valence-corrected chi connectivity index (χ1v) is 9.35. The molecule has 0 bridgehead atoms. The van der Waals surface area contributed by atoms with Gasteiger partial charge in [0.2, 0.25) is 5.91 Å². The first kappa shape index (κ1) is 18.0. The van der Waals surface area contributed by atoms with Gasteiger partial charge >= 0.3 is 0 Å². The molecule has 4 rings (SSSR count). The zero-order valence-electron chi connectivity index (χ0n) is 16.3. The maximum atomic E-state index is 12.4. The van der Waals surface area contributed by atoms with Crippen molar-refractivity contribution in [2.24, 2.45) is 0 Å². The van der Waals surface area contributed by atoms with E-state index < -0.39 is 0 Å². The summed E-state index contributed by atoms with van der Waals surface area (Å²) in [5.41, 5.74) is 4.01. The number of carbonyl (C=O) groups excluding carboxylic acids is 1. The van der Waals surface area contributed by atoms with E-state index in [1.165, 1.54) is 5.39 Å². The summed E-state index contributed by atoms with van der Waals surface area (Å²) in [5, 5.41) is 14.1. The average Bonchev–Trinajstić information content (AvgIpc) is 3.27. The third-order valence-corrected chi connectivity index (χ3v) is 5.11. The van der Waals surface area contributed by atoms with E-state index in [2.05, 4.69) is 39.8 Å². The van der Waals surface area contributed by atoms with Gasteiger partial charge in [-0.25, -0.2) is 4.68 Å². The van der Waals surface area contributed by atoms with Crippen LogP contribution in [0.2, 0.25) is 0 Å². The smallest absolute Gasteiger partial charge is 0.242 e. The fourth-order valence-electron chi connectivity index (χ4n) is 3.55. The second-order valence-corrected chi connectivity index (χ2v) is 7.01. The molecule has 0 fully saturated rings. The molecule has 2 heterocycles. The van der Waals surface area contributed by atoms with Crippen LogP contribution in [0.5, 0.6) is 0 Å². The summed E-state index contributed by atoms with van der Waals surface area (Å²) >= 11 is 0. The van der Waals surface area contributed by atoms with E-state index >= 15 is 0 Å². The van der Waals surface area contributed by atoms with Crippen LogP contribution >= 0.6 is 0 Å². The van der Waals surface area contributed by atoms with Gasteiger partial charge < -0.3 is 5.32 Å². The summed E-state index contributed by atoms with van der Waals surface area (Å²) in [7, 11) is 0. The Bertz CT molecular complexity index is 1140. The Balaban J connectivity index is 1.58. The number of aromatic nitrogens is 4. The van der Waals surface area contributed by atoms with E-state index in [9.17, 15) is 4.79 Å². The molecule has 1 atom stereocenters. The number of aryl methyl sites for hydroxylation is 1. The highest BCUT2D eigenvalue weighted by molar-refractivity contribution is 5.90. The van der Waals surface area contributed by atoms with E-state index in [1.54, 1.807) is 10.9 Å². The Morgan fingerprint density at radius 3 is 2.64 bits per heavy atom. The van der Waals surface area contributed by atoms with Crippen LogP contribution in [0.3, 0.4) is 0 Å². The minimum atomic E-state index is -0.146. The lowest BCUT2D eigenvalue weighted by Gasteiger charge is -2.15. The molecule has 0 aliphatic heterocycles. The lowest BCUT2D eigenvalue weighted by molar-refractivity contribution is -0.122. The lowest BCUT2D eigenvalue weighted by Crippen LogP contribution is -2.31. The molecule has 0 spiro atoms. The number of hydrogen-bond acceptors (Lipinski definition) is 3. The molecular formula is C22H23N5O. The van der Waals surface area contributed by atoms with Gasteiger partial charge in [0.15, 0.2) is 0 Å². The molecule has 1 N–H and O–H groups in total. The quantitative estimate of drug-likeness (QED) is 0.580. The van der Waals surface area contributed by atoms with Crippen LogP contribution in [-0.2, 0) is 11.3 Å². The van der Waals surface area contributed by atoms with Gasteiger partial charge in [-0.1, -0.05) is 36.4 Å². The Morgan fingerprint density at radius 2 is 1.86 bits per heavy atom. The largest absolute Gasteiger partial charge is 0.348 e. The Labute approximate surface area is 163 Å². The zero-order valence-corrected chi connectivity index (χ0v) is 16.3. The summed E-state index contributed by atoms with van der Waals surface area (Å²) < 4.78 is 3.63. The molecule has 6 nitrogen and oxygen atoms in total. The number of rotatable bonds is 5. The van der Waals surface area contributed by atoms with Crippen LogP contribution in [0.15, 0.2) is 60.9 Å². The maximum Gasteiger partial charge on any atom is 0.242 e. The SMILES string of the molecule is Cc1ccnn1CC(=O)N[C@H](C)c1cnn(-c2cccc3ccccc23)c1C. The number of carbonyl (C=O) groups is 1. The highest BCUT2D eigenvalue weighted by Gasteiger charge is 2.17. The van der Waals surface area contributed by atoms with Crippen molar-refractivity contribution < 1.29 is 4.79 Å². The minimum Gasteiger partial charge on any atom is -0.348 e. The van der Waals surface area contributed by atoms with Gasteiger partial charge in [0.1, 0.15) is 6.54 Å². The van der Waals surface area contributed by atoms with Crippen LogP contribution in [0, 0.1) is 13.8 Å². The van der Waals surface area contributed by atoms with Crippen molar-refractivity contribution in [2.75, 3.05) is 0 Å². The Morgan fingerprint density at radius 1 is 1.07 bits per heavy atom. The molecule has 142 valence electrons. The topological polar surface area (TPSA) is 64.7 Å². The molecule has 28 heavy (non-hydrogen) atoms. The average molecular weight is 373 g/mol. The van der Waals surface area contributed by atoms with E-state index in [4.69, 9.17) is 0 Å². The molecule has 4 aromatic rings. The standard InChI is InChI=1S/C22H23N5O/c1-15-11-12-23-26(15)14-22(28)25-16(2)20-13-24-27(17(20)3)21-10-6-8-18-7-4-5-9-19(18)21/h4-13,16H,14H2,1-3H3,(H,25,28)/t16-/m1/s1. The molecular weight excluding hydrogens is 350 g/mol. The van der Waals surface area contributed by atoms with Crippen molar-refractivity contribution in [3.05, 3.63) is 77.9 Å². The normalized spacial score (nSPS) is 12.2. The summed E-state index contributed by atoms with van der Waals surface area (Å²) in [4.78, 5) is 12.4. The van der Waals surface area contributed by atoms with Crippen molar-refractivity contribution in [3.8, 4) is 5.69 Å². The summed E-state index contributed by atoms with van der Waals surface area (Å²) in [5.74, 6) is -0.0726. The molecule has 0 aliphatic carbocycles. The van der Waals surface area contributed by atoms with E-state index in [0.717, 1.165) is 28.0 Å². The number of fused-ring (bicyclic) bond motifs is 1. The first-order chi connectivity index (χ1) is 13.5. The highest BCUT2D eigenvalue weighted by atomic mass is 16.2. The third kappa shape index (κ3) is 3.29. The number of benzene rings is 2. The zero-order chi connectivity index (χ0) is 19.7. The van der Waals surface area contributed by atoms with Gasteiger partial charge in [0.05, 0.1) is 17.9 Å². The van der Waals surface area contributed by atoms with E-state index in [1.807, 2.05) is 55.9 Å². The summed E-state index contributed by atoms with van der Waals surface area (Å²) in [6.07, 6.45) is 3.53. The molecule has 2 aromatic heterocycles. The van der Waals surface area contributed by atoms with Crippen molar-refractivity contribution in [3.63, 3.8) is 0 Å². The Kier molecular flexibility index (Phi) is 4.69. The summed E-state index contributed by atoms with van der Waals surface area (Å²) in [6, 6.07) is 16.2. The van der Waals surface area contributed by atoms with Crippen LogP contribution in [0.25, 0.3) is 16.5 Å². The predicted molar refractivity (Wildman–Crippen MR) is 109 cm³/mol. The number of amides is 1. The van der Waals surface area contributed by atoms with Crippen molar-refractivity contribution in [2.45, 2.75) is 33.4 Å². The molecule has 0 unspecified atom stereocenters. The van der Waals surface area contributed by atoms with Gasteiger partial charge in [-0.3, -0.25) is 9.48 Å². The molecule has 1 amide bonds. The molecule has 6 heteroatoms. The predicted octanol–water partition coefficient (Wildman–Crippen LogP) is 3.72. The molecule has 2 aromatic carbocycles. The maximum absolute atomic E-state index is 12.4. The minimum absolute atomic E-state index is 0.0726. The second kappa shape index (κ2) is 7.31. The second-order valence-electron chi connectivity index (χ2n) is 7.01. The van der Waals surface area contributed by atoms with Crippen LogP contribution in [0.1, 0.15) is 29.9 Å². The monoisotopic (exact) mass is 373 g/mol. The Hall–Kier alpha value is -3.41. The lowest BCUT2D eigenvalue weighted by atomic mass is 10.1. The van der Waals surface area contributed by atoms with Gasteiger partial charge in [0.25, 0.3) is 0 Å². The van der Waals surface area contributed by atoms with Gasteiger partial charge in [-0.05, 0) is 38.3 Å². The third-order valence-electron chi connectivity index (χ3n) is 5.11. The molecule has 0 radical (unpaired) electrons. The van der Waals surface area contributed by atoms with Gasteiger partial charge in [-0.15, -0.1) is 0 Å². The molecule has 0 saturated heterocycles. The van der Waals surface area contributed by atoms with E-state index in [-0.39, 0.29) is 18.5 Å². The number of nitrogens with zero attached hydrogens (tertiary/aromatic N) is 4. The summed E-state index contributed by atoms with van der Waals surface area (Å²) in [6.45, 7) is 6.15. The van der Waals surface area contributed by atoms with E-state index in [0.29, 0.717) is 0 Å². The molecule has 0 saturated carbocycles.